The number of alkyl carbamates (subject to hydrolysis) is 2. The van der Waals surface area contributed by atoms with Crippen LogP contribution in [0.1, 0.15) is 30.4 Å². The molecule has 2 aromatic carbocycles. The van der Waals surface area contributed by atoms with Gasteiger partial charge in [0.1, 0.15) is 13.2 Å². The fraction of sp³-hybridized carbons (Fsp3) is 0.391. The molecule has 2 bridgehead atoms. The Kier molecular flexibility index (Phi) is 5.98. The minimum absolute atomic E-state index is 0.0245. The van der Waals surface area contributed by atoms with Gasteiger partial charge in [-0.25, -0.2) is 9.59 Å². The molecule has 4 rings (SSSR count). The Bertz CT molecular complexity index is 760. The van der Waals surface area contributed by atoms with Crippen LogP contribution in [-0.4, -0.2) is 24.3 Å². The molecule has 0 heterocycles. The maximum absolute atomic E-state index is 12.2. The molecule has 0 radical (unpaired) electrons. The summed E-state index contributed by atoms with van der Waals surface area (Å²) in [6, 6.07) is 19.3. The van der Waals surface area contributed by atoms with Crippen LogP contribution in [0.3, 0.4) is 0 Å². The fourth-order valence-corrected chi connectivity index (χ4v) is 4.51. The van der Waals surface area contributed by atoms with Gasteiger partial charge in [-0.1, -0.05) is 60.7 Å². The summed E-state index contributed by atoms with van der Waals surface area (Å²) in [7, 11) is 0. The van der Waals surface area contributed by atoms with Crippen LogP contribution >= 0.6 is 0 Å². The molecule has 6 heteroatoms. The second-order valence-electron chi connectivity index (χ2n) is 7.86. The number of rotatable bonds is 6. The summed E-state index contributed by atoms with van der Waals surface area (Å²) in [6.45, 7) is 0.502. The van der Waals surface area contributed by atoms with E-state index in [2.05, 4.69) is 10.6 Å². The van der Waals surface area contributed by atoms with E-state index >= 15 is 0 Å². The molecule has 2 saturated carbocycles. The second-order valence-corrected chi connectivity index (χ2v) is 7.86. The highest BCUT2D eigenvalue weighted by molar-refractivity contribution is 5.69. The molecular weight excluding hydrogens is 368 g/mol. The smallest absolute Gasteiger partial charge is 0.407 e. The van der Waals surface area contributed by atoms with Gasteiger partial charge in [0.25, 0.3) is 0 Å². The largest absolute Gasteiger partial charge is 0.445 e. The van der Waals surface area contributed by atoms with E-state index in [0.717, 1.165) is 30.4 Å². The Balaban J connectivity index is 1.23. The lowest BCUT2D eigenvalue weighted by Gasteiger charge is -2.30. The first-order valence-electron chi connectivity index (χ1n) is 10.1. The third kappa shape index (κ3) is 5.08. The zero-order valence-corrected chi connectivity index (χ0v) is 16.3. The summed E-state index contributed by atoms with van der Waals surface area (Å²) in [5.74, 6) is 0.729. The topological polar surface area (TPSA) is 76.7 Å². The summed E-state index contributed by atoms with van der Waals surface area (Å²) >= 11 is 0. The number of amides is 2. The van der Waals surface area contributed by atoms with Crippen molar-refractivity contribution in [3.8, 4) is 0 Å². The quantitative estimate of drug-likeness (QED) is 0.776. The Labute approximate surface area is 170 Å². The van der Waals surface area contributed by atoms with Crippen LogP contribution in [0.15, 0.2) is 60.7 Å². The molecule has 6 nitrogen and oxygen atoms in total. The highest BCUT2D eigenvalue weighted by Gasteiger charge is 2.47. The van der Waals surface area contributed by atoms with E-state index in [0.29, 0.717) is 5.92 Å². The van der Waals surface area contributed by atoms with Crippen molar-refractivity contribution in [3.63, 3.8) is 0 Å². The number of benzene rings is 2. The number of carbonyl (C=O) groups excluding carboxylic acids is 2. The van der Waals surface area contributed by atoms with Gasteiger partial charge in [-0.3, -0.25) is 0 Å². The summed E-state index contributed by atoms with van der Waals surface area (Å²) in [5.41, 5.74) is 1.91. The molecule has 29 heavy (non-hydrogen) atoms. The average molecular weight is 394 g/mol. The summed E-state index contributed by atoms with van der Waals surface area (Å²) < 4.78 is 10.7. The van der Waals surface area contributed by atoms with E-state index < -0.39 is 12.2 Å². The van der Waals surface area contributed by atoms with Crippen molar-refractivity contribution in [2.45, 2.75) is 44.6 Å². The normalized spacial score (nSPS) is 24.7. The van der Waals surface area contributed by atoms with Crippen LogP contribution in [-0.2, 0) is 22.7 Å². The predicted octanol–water partition coefficient (Wildman–Crippen LogP) is 4.01. The first kappa shape index (κ1) is 19.3. The van der Waals surface area contributed by atoms with E-state index in [4.69, 9.17) is 9.47 Å². The average Bonchev–Trinajstić information content (AvgIpc) is 3.32. The molecule has 2 atom stereocenters. The van der Waals surface area contributed by atoms with E-state index in [1.165, 1.54) is 0 Å². The van der Waals surface area contributed by atoms with Gasteiger partial charge in [-0.2, -0.15) is 0 Å². The lowest BCUT2D eigenvalue weighted by molar-refractivity contribution is 0.122. The van der Waals surface area contributed by atoms with Crippen molar-refractivity contribution in [3.05, 3.63) is 71.8 Å². The lowest BCUT2D eigenvalue weighted by Crippen LogP contribution is -2.49. The van der Waals surface area contributed by atoms with Crippen LogP contribution in [0.2, 0.25) is 0 Å². The monoisotopic (exact) mass is 394 g/mol. The molecule has 2 N–H and O–H groups in total. The van der Waals surface area contributed by atoms with Crippen molar-refractivity contribution in [1.82, 2.24) is 10.6 Å². The maximum atomic E-state index is 12.2. The summed E-state index contributed by atoms with van der Waals surface area (Å²) in [4.78, 5) is 24.4. The summed E-state index contributed by atoms with van der Waals surface area (Å²) in [5, 5.41) is 5.98. The minimum Gasteiger partial charge on any atom is -0.445 e. The minimum atomic E-state index is -0.406. The van der Waals surface area contributed by atoms with Crippen molar-refractivity contribution in [2.75, 3.05) is 0 Å². The lowest BCUT2D eigenvalue weighted by atomic mass is 9.91. The number of carbonyl (C=O) groups is 2. The van der Waals surface area contributed by atoms with Gasteiger partial charge in [0.05, 0.1) is 0 Å². The molecular formula is C23H26N2O4. The van der Waals surface area contributed by atoms with Gasteiger partial charge in [-0.05, 0) is 42.2 Å². The zero-order valence-electron chi connectivity index (χ0n) is 16.3. The molecule has 0 unspecified atom stereocenters. The number of fused-ring (bicyclic) bond motifs is 2. The standard InChI is InChI=1S/C23H26N2O4/c26-22(28-14-16-7-3-1-4-8-16)24-20-12-18-11-19(20)21(13-18)25-23(27)29-15-17-9-5-2-6-10-17/h1-10,18-21H,11-15H2,(H,24,26)(H,25,27)/t18?,19?,20-,21-/m0/s1. The third-order valence-electron chi connectivity index (χ3n) is 5.85. The van der Waals surface area contributed by atoms with E-state index in [1.54, 1.807) is 0 Å². The Morgan fingerprint density at radius 3 is 1.59 bits per heavy atom. The van der Waals surface area contributed by atoms with Crippen LogP contribution in [0.5, 0.6) is 0 Å². The molecule has 2 amide bonds. The van der Waals surface area contributed by atoms with Crippen molar-refractivity contribution in [2.24, 2.45) is 11.8 Å². The van der Waals surface area contributed by atoms with Gasteiger partial charge in [0.2, 0.25) is 0 Å². The van der Waals surface area contributed by atoms with Gasteiger partial charge >= 0.3 is 12.2 Å². The molecule has 2 aromatic rings. The molecule has 2 fully saturated rings. The Morgan fingerprint density at radius 1 is 0.724 bits per heavy atom. The van der Waals surface area contributed by atoms with Crippen LogP contribution in [0.4, 0.5) is 9.59 Å². The molecule has 0 aliphatic heterocycles. The first-order valence-corrected chi connectivity index (χ1v) is 10.1. The molecule has 0 saturated heterocycles. The van der Waals surface area contributed by atoms with Gasteiger partial charge in [-0.15, -0.1) is 0 Å². The number of nitrogens with one attached hydrogen (secondary N) is 2. The first-order chi connectivity index (χ1) is 14.2. The Hall–Kier alpha value is -3.02. The van der Waals surface area contributed by atoms with E-state index in [1.807, 2.05) is 60.7 Å². The maximum Gasteiger partial charge on any atom is 0.407 e. The van der Waals surface area contributed by atoms with Crippen molar-refractivity contribution < 1.29 is 19.1 Å². The number of hydrogen-bond acceptors (Lipinski definition) is 4. The molecule has 152 valence electrons. The SMILES string of the molecule is O=C(N[C@H]1CC2CC1[C@@H](NC(=O)OCc1ccccc1)C2)OCc1ccccc1. The van der Waals surface area contributed by atoms with Crippen LogP contribution in [0.25, 0.3) is 0 Å². The van der Waals surface area contributed by atoms with Crippen LogP contribution < -0.4 is 10.6 Å². The predicted molar refractivity (Wildman–Crippen MR) is 108 cm³/mol. The van der Waals surface area contributed by atoms with Gasteiger partial charge < -0.3 is 20.1 Å². The Morgan fingerprint density at radius 2 is 1.17 bits per heavy atom. The summed E-state index contributed by atoms with van der Waals surface area (Å²) in [6.07, 6.45) is 2.06. The van der Waals surface area contributed by atoms with Gasteiger partial charge in [0.15, 0.2) is 0 Å². The molecule has 0 spiro atoms. The van der Waals surface area contributed by atoms with E-state index in [-0.39, 0.29) is 31.2 Å². The van der Waals surface area contributed by atoms with Crippen molar-refractivity contribution >= 4 is 12.2 Å². The molecule has 2 aliphatic carbocycles. The molecule has 0 aromatic heterocycles. The number of hydrogen-bond donors (Lipinski definition) is 2. The number of ether oxygens (including phenoxy) is 2. The van der Waals surface area contributed by atoms with Gasteiger partial charge in [0, 0.05) is 12.1 Å². The fourth-order valence-electron chi connectivity index (χ4n) is 4.51. The second kappa shape index (κ2) is 8.99. The third-order valence-corrected chi connectivity index (χ3v) is 5.85. The highest BCUT2D eigenvalue weighted by atomic mass is 16.6. The van der Waals surface area contributed by atoms with E-state index in [9.17, 15) is 9.59 Å². The molecule has 2 aliphatic rings. The van der Waals surface area contributed by atoms with Crippen molar-refractivity contribution in [1.29, 1.82) is 0 Å². The zero-order chi connectivity index (χ0) is 20.1. The highest BCUT2D eigenvalue weighted by Crippen LogP contribution is 2.44. The van der Waals surface area contributed by atoms with Crippen LogP contribution in [0, 0.1) is 11.8 Å².